The van der Waals surface area contributed by atoms with Gasteiger partial charge < -0.3 is 14.7 Å². The van der Waals surface area contributed by atoms with Crippen LogP contribution in [0.5, 0.6) is 0 Å². The van der Waals surface area contributed by atoms with Crippen molar-refractivity contribution in [3.8, 4) is 0 Å². The van der Waals surface area contributed by atoms with Gasteiger partial charge in [0.2, 0.25) is 0 Å². The smallest absolute Gasteiger partial charge is 0.359 e. The van der Waals surface area contributed by atoms with Crippen molar-refractivity contribution >= 4 is 23.5 Å². The van der Waals surface area contributed by atoms with Crippen LogP contribution in [0.3, 0.4) is 0 Å². The number of halogens is 1. The molecule has 2 aromatic rings. The van der Waals surface area contributed by atoms with Gasteiger partial charge in [0.1, 0.15) is 5.69 Å². The van der Waals surface area contributed by atoms with Gasteiger partial charge in [-0.15, -0.1) is 0 Å². The first-order chi connectivity index (χ1) is 12.6. The van der Waals surface area contributed by atoms with Gasteiger partial charge >= 0.3 is 5.97 Å². The number of benzene rings is 1. The van der Waals surface area contributed by atoms with Crippen molar-refractivity contribution in [2.45, 2.75) is 26.4 Å². The Balaban J connectivity index is 1.93. The first-order valence-corrected chi connectivity index (χ1v) is 8.85. The Morgan fingerprint density at radius 2 is 2.12 bits per heavy atom. The van der Waals surface area contributed by atoms with Gasteiger partial charge in [0, 0.05) is 36.7 Å². The summed E-state index contributed by atoms with van der Waals surface area (Å²) in [6, 6.07) is 7.37. The molecule has 0 atom stereocenters. The highest BCUT2D eigenvalue weighted by Crippen LogP contribution is 2.24. The van der Waals surface area contributed by atoms with E-state index in [1.165, 1.54) is 4.68 Å². The number of ether oxygens (including phenoxy) is 1. The summed E-state index contributed by atoms with van der Waals surface area (Å²) >= 11 is 6.20. The maximum Gasteiger partial charge on any atom is 0.359 e. The zero-order valence-corrected chi connectivity index (χ0v) is 15.2. The highest BCUT2D eigenvalue weighted by molar-refractivity contribution is 6.31. The zero-order valence-electron chi connectivity index (χ0n) is 14.4. The van der Waals surface area contributed by atoms with Crippen LogP contribution >= 0.6 is 11.6 Å². The van der Waals surface area contributed by atoms with Crippen molar-refractivity contribution in [2.75, 3.05) is 19.8 Å². The minimum absolute atomic E-state index is 0.101. The van der Waals surface area contributed by atoms with E-state index in [0.29, 0.717) is 35.9 Å². The van der Waals surface area contributed by atoms with E-state index in [1.54, 1.807) is 17.9 Å². The summed E-state index contributed by atoms with van der Waals surface area (Å²) in [4.78, 5) is 26.8. The average molecular weight is 378 g/mol. The molecule has 0 saturated heterocycles. The van der Waals surface area contributed by atoms with Crippen LogP contribution in [0.2, 0.25) is 5.02 Å². The molecule has 1 aliphatic rings. The number of carbonyl (C=O) groups excluding carboxylic acids is 2. The lowest BCUT2D eigenvalue weighted by molar-refractivity contribution is 0.0516. The topological polar surface area (TPSA) is 84.7 Å². The Morgan fingerprint density at radius 1 is 1.35 bits per heavy atom. The number of fused-ring (bicyclic) bond motifs is 1. The lowest BCUT2D eigenvalue weighted by atomic mass is 10.1. The van der Waals surface area contributed by atoms with Crippen LogP contribution in [0.1, 0.15) is 39.0 Å². The maximum absolute atomic E-state index is 13.0. The third kappa shape index (κ3) is 3.45. The number of aliphatic hydroxyl groups is 1. The summed E-state index contributed by atoms with van der Waals surface area (Å²) < 4.78 is 6.56. The molecule has 0 bridgehead atoms. The molecule has 0 fully saturated rings. The Hall–Kier alpha value is -2.38. The second kappa shape index (κ2) is 7.88. The van der Waals surface area contributed by atoms with Crippen molar-refractivity contribution in [1.82, 2.24) is 14.7 Å². The molecule has 26 heavy (non-hydrogen) atoms. The molecule has 0 radical (unpaired) electrons. The first kappa shape index (κ1) is 18.4. The van der Waals surface area contributed by atoms with Gasteiger partial charge in [-0.05, 0) is 18.6 Å². The van der Waals surface area contributed by atoms with Crippen LogP contribution in [0.4, 0.5) is 0 Å². The maximum atomic E-state index is 13.0. The molecular formula is C18H20ClN3O4. The molecule has 7 nitrogen and oxygen atoms in total. The standard InChI is InChI=1S/C18H20ClN3O4/c1-2-26-18(25)15-13(7-10-23)16-17(24)21(8-9-22(16)20-15)11-12-5-3-4-6-14(12)19/h3-6,23H,2,7-11H2,1H3. The number of hydrogen-bond donors (Lipinski definition) is 1. The number of aromatic nitrogens is 2. The molecule has 8 heteroatoms. The highest BCUT2D eigenvalue weighted by atomic mass is 35.5. The number of carbonyl (C=O) groups is 2. The number of amides is 1. The zero-order chi connectivity index (χ0) is 18.7. The number of esters is 1. The van der Waals surface area contributed by atoms with Gasteiger partial charge in [0.15, 0.2) is 5.69 Å². The fraction of sp³-hybridized carbons (Fsp3) is 0.389. The van der Waals surface area contributed by atoms with Crippen LogP contribution in [0.15, 0.2) is 24.3 Å². The van der Waals surface area contributed by atoms with Gasteiger partial charge in [-0.2, -0.15) is 5.10 Å². The molecule has 138 valence electrons. The Labute approximate surface area is 156 Å². The number of hydrogen-bond acceptors (Lipinski definition) is 5. The normalized spacial score (nSPS) is 13.7. The van der Waals surface area contributed by atoms with Gasteiger partial charge in [-0.25, -0.2) is 4.79 Å². The van der Waals surface area contributed by atoms with Crippen LogP contribution in [0, 0.1) is 0 Å². The summed E-state index contributed by atoms with van der Waals surface area (Å²) in [6.07, 6.45) is 0.162. The summed E-state index contributed by atoms with van der Waals surface area (Å²) in [5.41, 5.74) is 1.72. The predicted molar refractivity (Wildman–Crippen MR) is 95.2 cm³/mol. The van der Waals surface area contributed by atoms with Crippen LogP contribution < -0.4 is 0 Å². The van der Waals surface area contributed by atoms with Gasteiger partial charge in [-0.3, -0.25) is 9.48 Å². The summed E-state index contributed by atoms with van der Waals surface area (Å²) in [7, 11) is 0. The number of aliphatic hydroxyl groups excluding tert-OH is 1. The molecule has 1 amide bonds. The molecule has 2 heterocycles. The van der Waals surface area contributed by atoms with E-state index in [1.807, 2.05) is 18.2 Å². The number of rotatable bonds is 6. The van der Waals surface area contributed by atoms with Crippen LogP contribution in [0.25, 0.3) is 0 Å². The van der Waals surface area contributed by atoms with E-state index >= 15 is 0 Å². The number of nitrogens with zero attached hydrogens (tertiary/aromatic N) is 3. The van der Waals surface area contributed by atoms with E-state index < -0.39 is 5.97 Å². The van der Waals surface area contributed by atoms with Gasteiger partial charge in [0.25, 0.3) is 5.91 Å². The van der Waals surface area contributed by atoms with Crippen molar-refractivity contribution in [3.05, 3.63) is 51.8 Å². The lowest BCUT2D eigenvalue weighted by Gasteiger charge is -2.28. The van der Waals surface area contributed by atoms with E-state index in [-0.39, 0.29) is 31.2 Å². The third-order valence-corrected chi connectivity index (χ3v) is 4.64. The van der Waals surface area contributed by atoms with Crippen molar-refractivity contribution in [2.24, 2.45) is 0 Å². The van der Waals surface area contributed by atoms with Gasteiger partial charge in [-0.1, -0.05) is 29.8 Å². The van der Waals surface area contributed by atoms with Crippen LogP contribution in [-0.4, -0.2) is 51.4 Å². The quantitative estimate of drug-likeness (QED) is 0.777. The lowest BCUT2D eigenvalue weighted by Crippen LogP contribution is -2.40. The second-order valence-electron chi connectivity index (χ2n) is 5.91. The van der Waals surface area contributed by atoms with Gasteiger partial charge in [0.05, 0.1) is 13.2 Å². The Kier molecular flexibility index (Phi) is 5.58. The summed E-state index contributed by atoms with van der Waals surface area (Å²) in [6.45, 7) is 3.02. The van der Waals surface area contributed by atoms with Crippen molar-refractivity contribution in [1.29, 1.82) is 0 Å². The molecular weight excluding hydrogens is 358 g/mol. The summed E-state index contributed by atoms with van der Waals surface area (Å²) in [5.74, 6) is -0.814. The van der Waals surface area contributed by atoms with E-state index in [0.717, 1.165) is 5.56 Å². The van der Waals surface area contributed by atoms with E-state index in [2.05, 4.69) is 5.10 Å². The highest BCUT2D eigenvalue weighted by Gasteiger charge is 2.33. The second-order valence-corrected chi connectivity index (χ2v) is 6.32. The largest absolute Gasteiger partial charge is 0.461 e. The SMILES string of the molecule is CCOC(=O)c1nn2c(c1CCO)C(=O)N(Cc1ccccc1Cl)CC2. The first-order valence-electron chi connectivity index (χ1n) is 8.47. The molecule has 1 N–H and O–H groups in total. The molecule has 3 rings (SSSR count). The minimum atomic E-state index is -0.580. The monoisotopic (exact) mass is 377 g/mol. The summed E-state index contributed by atoms with van der Waals surface area (Å²) in [5, 5.41) is 14.2. The van der Waals surface area contributed by atoms with Crippen molar-refractivity contribution in [3.63, 3.8) is 0 Å². The predicted octanol–water partition coefficient (Wildman–Crippen LogP) is 1.90. The minimum Gasteiger partial charge on any atom is -0.461 e. The van der Waals surface area contributed by atoms with Crippen molar-refractivity contribution < 1.29 is 19.4 Å². The fourth-order valence-corrected chi connectivity index (χ4v) is 3.26. The molecule has 1 aromatic heterocycles. The third-order valence-electron chi connectivity index (χ3n) is 4.27. The Bertz CT molecular complexity index is 834. The molecule has 0 unspecified atom stereocenters. The van der Waals surface area contributed by atoms with Crippen LogP contribution in [-0.2, 0) is 24.2 Å². The molecule has 0 spiro atoms. The fourth-order valence-electron chi connectivity index (χ4n) is 3.06. The molecule has 1 aliphatic heterocycles. The average Bonchev–Trinajstić information content (AvgIpc) is 2.99. The molecule has 0 aliphatic carbocycles. The van der Waals surface area contributed by atoms with E-state index in [9.17, 15) is 14.7 Å². The van der Waals surface area contributed by atoms with E-state index in [4.69, 9.17) is 16.3 Å². The molecule has 1 aromatic carbocycles. The molecule has 0 saturated carbocycles. The Morgan fingerprint density at radius 3 is 2.81 bits per heavy atom.